The Labute approximate surface area is 210 Å². The topological polar surface area (TPSA) is 199 Å². The zero-order chi connectivity index (χ0) is 26.3. The van der Waals surface area contributed by atoms with Crippen LogP contribution in [-0.2, 0) is 27.2 Å². The van der Waals surface area contributed by atoms with E-state index in [-0.39, 0.29) is 49.7 Å². The average molecular weight is 501 g/mol. The minimum Gasteiger partial charge on any atom is -0.348 e. The molecule has 0 saturated carbocycles. The summed E-state index contributed by atoms with van der Waals surface area (Å²) in [4.78, 5) is 57.3. The van der Waals surface area contributed by atoms with Crippen LogP contribution in [0.5, 0.6) is 0 Å². The summed E-state index contributed by atoms with van der Waals surface area (Å²) in [6.45, 7) is 3.88. The van der Waals surface area contributed by atoms with Crippen molar-refractivity contribution in [2.24, 2.45) is 10.8 Å². The van der Waals surface area contributed by atoms with Gasteiger partial charge in [0, 0.05) is 73.0 Å². The first kappa shape index (κ1) is 28.5. The number of hydrogen-bond donors (Lipinski definition) is 4. The monoisotopic (exact) mass is 500 g/mol. The fourth-order valence-electron chi connectivity index (χ4n) is 3.79. The van der Waals surface area contributed by atoms with Gasteiger partial charge in [0.05, 0.1) is 12.7 Å². The van der Waals surface area contributed by atoms with Crippen LogP contribution in [0.15, 0.2) is 30.2 Å². The summed E-state index contributed by atoms with van der Waals surface area (Å²) in [5.74, 6) is -1.22. The molecule has 2 aromatic rings. The molecule has 0 fully saturated rings. The van der Waals surface area contributed by atoms with E-state index in [4.69, 9.17) is 11.3 Å². The maximum Gasteiger partial charge on any atom is 0.252 e. The molecule has 13 nitrogen and oxygen atoms in total. The second-order valence-electron chi connectivity index (χ2n) is 8.81. The summed E-state index contributed by atoms with van der Waals surface area (Å²) in [6, 6.07) is -1.56. The highest BCUT2D eigenvalue weighted by molar-refractivity contribution is 5.99. The number of carbonyl (C=O) groups is 3. The van der Waals surface area contributed by atoms with Gasteiger partial charge in [-0.1, -0.05) is 25.4 Å². The number of amides is 3. The highest BCUT2D eigenvalue weighted by Gasteiger charge is 2.31. The lowest BCUT2D eigenvalue weighted by molar-refractivity contribution is -0.147. The minimum atomic E-state index is -0.972. The van der Waals surface area contributed by atoms with E-state index in [1.807, 2.05) is 6.92 Å². The molecule has 196 valence electrons. The Morgan fingerprint density at radius 2 is 1.89 bits per heavy atom. The molecule has 0 aromatic carbocycles. The summed E-state index contributed by atoms with van der Waals surface area (Å²) in [6.07, 6.45) is 9.48. The summed E-state index contributed by atoms with van der Waals surface area (Å²) >= 11 is 0. The Bertz CT molecular complexity index is 986. The fraction of sp³-hybridized carbons (Fsp3) is 0.609. The van der Waals surface area contributed by atoms with Gasteiger partial charge in [-0.25, -0.2) is 9.97 Å². The third-order valence-corrected chi connectivity index (χ3v) is 5.71. The number of rotatable bonds is 16. The van der Waals surface area contributed by atoms with Crippen molar-refractivity contribution in [3.8, 4) is 0 Å². The SMILES string of the molecule is CCCC(N)CC(=O)N(CCc1cnc[nH]1)C(=O)[C@H](Cc1cnc[nH]1)NC(=O)CCCC(C)N=[N+]=[N-]. The molecule has 0 spiro atoms. The van der Waals surface area contributed by atoms with Gasteiger partial charge in [-0.3, -0.25) is 19.3 Å². The first-order valence-electron chi connectivity index (χ1n) is 12.2. The number of imide groups is 1. The van der Waals surface area contributed by atoms with Crippen molar-refractivity contribution in [1.82, 2.24) is 30.2 Å². The third-order valence-electron chi connectivity index (χ3n) is 5.71. The second-order valence-corrected chi connectivity index (χ2v) is 8.81. The van der Waals surface area contributed by atoms with Crippen molar-refractivity contribution in [1.29, 1.82) is 0 Å². The Morgan fingerprint density at radius 1 is 1.19 bits per heavy atom. The number of aromatic nitrogens is 4. The van der Waals surface area contributed by atoms with Crippen molar-refractivity contribution in [2.75, 3.05) is 6.54 Å². The summed E-state index contributed by atoms with van der Waals surface area (Å²) < 4.78 is 0. The van der Waals surface area contributed by atoms with Crippen LogP contribution in [0.25, 0.3) is 10.4 Å². The zero-order valence-corrected chi connectivity index (χ0v) is 20.9. The smallest absolute Gasteiger partial charge is 0.252 e. The molecule has 0 aliphatic carbocycles. The Kier molecular flexibility index (Phi) is 12.1. The van der Waals surface area contributed by atoms with Crippen molar-refractivity contribution in [3.05, 3.63) is 46.9 Å². The molecule has 2 rings (SSSR count). The quantitative estimate of drug-likeness (QED) is 0.154. The van der Waals surface area contributed by atoms with Crippen LogP contribution >= 0.6 is 0 Å². The van der Waals surface area contributed by atoms with E-state index >= 15 is 0 Å². The predicted octanol–water partition coefficient (Wildman–Crippen LogP) is 2.14. The lowest BCUT2D eigenvalue weighted by Crippen LogP contribution is -2.52. The molecular weight excluding hydrogens is 464 g/mol. The lowest BCUT2D eigenvalue weighted by Gasteiger charge is -2.27. The van der Waals surface area contributed by atoms with Gasteiger partial charge in [-0.05, 0) is 24.8 Å². The summed E-state index contributed by atoms with van der Waals surface area (Å²) in [5.41, 5.74) is 16.0. The molecule has 0 aliphatic heterocycles. The molecule has 2 aromatic heterocycles. The van der Waals surface area contributed by atoms with Crippen molar-refractivity contribution in [3.63, 3.8) is 0 Å². The Morgan fingerprint density at radius 3 is 2.50 bits per heavy atom. The number of H-pyrrole nitrogens is 2. The van der Waals surface area contributed by atoms with Crippen LogP contribution in [0.1, 0.15) is 63.8 Å². The largest absolute Gasteiger partial charge is 0.348 e. The number of carbonyl (C=O) groups excluding carboxylic acids is 3. The third kappa shape index (κ3) is 9.88. The van der Waals surface area contributed by atoms with Crippen molar-refractivity contribution in [2.45, 2.75) is 83.3 Å². The van der Waals surface area contributed by atoms with Gasteiger partial charge in [-0.15, -0.1) is 0 Å². The molecule has 13 heteroatoms. The van der Waals surface area contributed by atoms with Crippen LogP contribution in [0.4, 0.5) is 0 Å². The summed E-state index contributed by atoms with van der Waals surface area (Å²) in [5, 5.41) is 6.39. The van der Waals surface area contributed by atoms with E-state index in [2.05, 4.69) is 35.3 Å². The maximum absolute atomic E-state index is 13.6. The highest BCUT2D eigenvalue weighted by Crippen LogP contribution is 2.11. The van der Waals surface area contributed by atoms with E-state index in [1.165, 1.54) is 17.6 Å². The lowest BCUT2D eigenvalue weighted by atomic mass is 10.1. The van der Waals surface area contributed by atoms with Gasteiger partial charge in [0.15, 0.2) is 0 Å². The zero-order valence-electron chi connectivity index (χ0n) is 20.9. The van der Waals surface area contributed by atoms with Gasteiger partial charge in [-0.2, -0.15) is 0 Å². The number of nitrogens with one attached hydrogen (secondary N) is 3. The molecule has 2 heterocycles. The molecule has 36 heavy (non-hydrogen) atoms. The van der Waals surface area contributed by atoms with E-state index in [0.29, 0.717) is 31.4 Å². The van der Waals surface area contributed by atoms with E-state index in [0.717, 1.165) is 12.1 Å². The van der Waals surface area contributed by atoms with E-state index in [9.17, 15) is 14.4 Å². The van der Waals surface area contributed by atoms with Crippen LogP contribution in [0.2, 0.25) is 0 Å². The Hall–Kier alpha value is -3.70. The van der Waals surface area contributed by atoms with E-state index in [1.54, 1.807) is 19.3 Å². The fourth-order valence-corrected chi connectivity index (χ4v) is 3.79. The van der Waals surface area contributed by atoms with Crippen LogP contribution in [-0.4, -0.2) is 67.2 Å². The van der Waals surface area contributed by atoms with Crippen molar-refractivity contribution < 1.29 is 14.4 Å². The number of azide groups is 1. The second kappa shape index (κ2) is 15.3. The van der Waals surface area contributed by atoms with Crippen LogP contribution in [0, 0.1) is 0 Å². The average Bonchev–Trinajstić information content (AvgIpc) is 3.53. The molecule has 3 atom stereocenters. The van der Waals surface area contributed by atoms with Gasteiger partial charge < -0.3 is 21.0 Å². The van der Waals surface area contributed by atoms with Gasteiger partial charge >= 0.3 is 0 Å². The maximum atomic E-state index is 13.6. The van der Waals surface area contributed by atoms with Gasteiger partial charge in [0.2, 0.25) is 11.8 Å². The molecule has 0 aliphatic rings. The van der Waals surface area contributed by atoms with Crippen LogP contribution < -0.4 is 11.1 Å². The normalized spacial score (nSPS) is 13.3. The molecule has 0 bridgehead atoms. The Balaban J connectivity index is 2.15. The minimum absolute atomic E-state index is 0.0323. The van der Waals surface area contributed by atoms with Crippen LogP contribution in [0.3, 0.4) is 0 Å². The first-order valence-corrected chi connectivity index (χ1v) is 12.2. The molecule has 5 N–H and O–H groups in total. The number of nitrogens with zero attached hydrogens (tertiary/aromatic N) is 6. The van der Waals surface area contributed by atoms with E-state index < -0.39 is 11.9 Å². The molecule has 2 unspecified atom stereocenters. The molecule has 0 radical (unpaired) electrons. The molecular formula is C23H36N10O3. The number of hydrogen-bond acceptors (Lipinski definition) is 7. The number of nitrogens with two attached hydrogens (primary N) is 1. The predicted molar refractivity (Wildman–Crippen MR) is 133 cm³/mol. The number of imidazole rings is 2. The molecule has 3 amide bonds. The number of aromatic amines is 2. The first-order chi connectivity index (χ1) is 17.3. The molecule has 0 saturated heterocycles. The van der Waals surface area contributed by atoms with Gasteiger partial charge in [0.25, 0.3) is 5.91 Å². The highest BCUT2D eigenvalue weighted by atomic mass is 16.2. The van der Waals surface area contributed by atoms with Gasteiger partial charge in [0.1, 0.15) is 6.04 Å². The standard InChI is InChI=1S/C23H36N10O3/c1-3-5-17(24)10-22(35)33(9-8-18-12-26-14-28-18)23(36)20(11-19-13-27-15-29-19)30-21(34)7-4-6-16(2)31-32-25/h12-17,20H,3-11,24H2,1-2H3,(H,26,28)(H,27,29)(H,30,34)/t16?,17?,20-/m0/s1. The van der Waals surface area contributed by atoms with Crippen molar-refractivity contribution >= 4 is 17.7 Å². The summed E-state index contributed by atoms with van der Waals surface area (Å²) in [7, 11) is 0.